The molecular weight excluding hydrogens is 402 g/mol. The fourth-order valence-corrected chi connectivity index (χ4v) is 4.83. The predicted octanol–water partition coefficient (Wildman–Crippen LogP) is 2.53. The SMILES string of the molecule is CCn1c(=O)n(CC(=O)Nc2nc(CN3CC(C)OC(C)C3)cs2)c2ccccc21. The summed E-state index contributed by atoms with van der Waals surface area (Å²) >= 11 is 1.40. The molecule has 9 heteroatoms. The Balaban J connectivity index is 1.43. The molecule has 0 radical (unpaired) electrons. The molecule has 1 aromatic carbocycles. The van der Waals surface area contributed by atoms with Crippen molar-refractivity contribution in [2.45, 2.75) is 52.6 Å². The third kappa shape index (κ3) is 4.33. The lowest BCUT2D eigenvalue weighted by atomic mass is 10.2. The number of ether oxygens (including phenoxy) is 1. The number of carbonyl (C=O) groups is 1. The maximum Gasteiger partial charge on any atom is 0.329 e. The van der Waals surface area contributed by atoms with Crippen molar-refractivity contribution in [3.8, 4) is 0 Å². The first kappa shape index (κ1) is 20.8. The maximum absolute atomic E-state index is 12.7. The summed E-state index contributed by atoms with van der Waals surface area (Å²) in [5.74, 6) is -0.259. The molecule has 3 heterocycles. The lowest BCUT2D eigenvalue weighted by Crippen LogP contribution is -2.44. The topological polar surface area (TPSA) is 81.4 Å². The highest BCUT2D eigenvalue weighted by atomic mass is 32.1. The second-order valence-corrected chi connectivity index (χ2v) is 8.60. The lowest BCUT2D eigenvalue weighted by Gasteiger charge is -2.34. The molecule has 8 nitrogen and oxygen atoms in total. The van der Waals surface area contributed by atoms with Crippen molar-refractivity contribution < 1.29 is 9.53 Å². The number of morpholine rings is 1. The van der Waals surface area contributed by atoms with Crippen LogP contribution in [0, 0.1) is 0 Å². The van der Waals surface area contributed by atoms with Gasteiger partial charge in [0, 0.05) is 31.6 Å². The van der Waals surface area contributed by atoms with Crippen molar-refractivity contribution in [3.05, 3.63) is 45.8 Å². The van der Waals surface area contributed by atoms with Crippen LogP contribution in [-0.4, -0.2) is 50.2 Å². The van der Waals surface area contributed by atoms with Crippen molar-refractivity contribution in [1.29, 1.82) is 0 Å². The zero-order chi connectivity index (χ0) is 21.3. The van der Waals surface area contributed by atoms with Gasteiger partial charge in [0.1, 0.15) is 6.54 Å². The number of fused-ring (bicyclic) bond motifs is 1. The molecule has 0 aliphatic carbocycles. The van der Waals surface area contributed by atoms with E-state index in [9.17, 15) is 9.59 Å². The quantitative estimate of drug-likeness (QED) is 0.651. The van der Waals surface area contributed by atoms with Gasteiger partial charge in [-0.05, 0) is 32.9 Å². The van der Waals surface area contributed by atoms with E-state index in [1.54, 1.807) is 4.57 Å². The zero-order valence-corrected chi connectivity index (χ0v) is 18.3. The summed E-state index contributed by atoms with van der Waals surface area (Å²) < 4.78 is 8.96. The molecule has 1 fully saturated rings. The summed E-state index contributed by atoms with van der Waals surface area (Å²) in [4.78, 5) is 32.2. The van der Waals surface area contributed by atoms with Gasteiger partial charge in [-0.15, -0.1) is 11.3 Å². The van der Waals surface area contributed by atoms with Crippen molar-refractivity contribution in [1.82, 2.24) is 19.0 Å². The highest BCUT2D eigenvalue weighted by molar-refractivity contribution is 7.13. The number of para-hydroxylation sites is 2. The van der Waals surface area contributed by atoms with E-state index in [2.05, 4.69) is 29.0 Å². The van der Waals surface area contributed by atoms with Gasteiger partial charge < -0.3 is 10.1 Å². The normalized spacial score (nSPS) is 20.0. The second-order valence-electron chi connectivity index (χ2n) is 7.75. The Kier molecular flexibility index (Phi) is 6.03. The summed E-state index contributed by atoms with van der Waals surface area (Å²) in [6, 6.07) is 7.53. The highest BCUT2D eigenvalue weighted by Crippen LogP contribution is 2.20. The van der Waals surface area contributed by atoms with E-state index in [1.807, 2.05) is 36.6 Å². The molecule has 1 amide bonds. The average Bonchev–Trinajstić information content (AvgIpc) is 3.23. The highest BCUT2D eigenvalue weighted by Gasteiger charge is 2.23. The standard InChI is InChI=1S/C21H27N5O3S/c1-4-25-17-7-5-6-8-18(17)26(21(25)28)12-19(27)23-20-22-16(13-30-20)11-24-9-14(2)29-15(3)10-24/h5-8,13-15H,4,9-12H2,1-3H3,(H,22,23,27). The van der Waals surface area contributed by atoms with Crippen LogP contribution in [0.4, 0.5) is 5.13 Å². The molecule has 1 saturated heterocycles. The average molecular weight is 430 g/mol. The molecule has 2 atom stereocenters. The number of nitrogens with zero attached hydrogens (tertiary/aromatic N) is 4. The van der Waals surface area contributed by atoms with E-state index in [0.717, 1.165) is 36.4 Å². The molecule has 160 valence electrons. The number of anilines is 1. The summed E-state index contributed by atoms with van der Waals surface area (Å²) in [6.45, 7) is 9.06. The number of carbonyl (C=O) groups excluding carboxylic acids is 1. The van der Waals surface area contributed by atoms with Crippen LogP contribution in [0.1, 0.15) is 26.5 Å². The molecule has 0 bridgehead atoms. The van der Waals surface area contributed by atoms with E-state index in [1.165, 1.54) is 15.9 Å². The van der Waals surface area contributed by atoms with Gasteiger partial charge in [0.2, 0.25) is 5.91 Å². The number of hydrogen-bond acceptors (Lipinski definition) is 6. The summed E-state index contributed by atoms with van der Waals surface area (Å²) in [5, 5.41) is 5.36. The molecule has 1 aliphatic rings. The zero-order valence-electron chi connectivity index (χ0n) is 17.5. The molecule has 2 unspecified atom stereocenters. The smallest absolute Gasteiger partial charge is 0.329 e. The Morgan fingerprint density at radius 1 is 1.20 bits per heavy atom. The molecule has 4 rings (SSSR count). The molecule has 2 aromatic heterocycles. The maximum atomic E-state index is 12.7. The van der Waals surface area contributed by atoms with Gasteiger partial charge in [-0.25, -0.2) is 9.78 Å². The van der Waals surface area contributed by atoms with E-state index >= 15 is 0 Å². The van der Waals surface area contributed by atoms with Crippen LogP contribution in [0.3, 0.4) is 0 Å². The van der Waals surface area contributed by atoms with Crippen LogP contribution in [0.25, 0.3) is 11.0 Å². The number of imidazole rings is 1. The lowest BCUT2D eigenvalue weighted by molar-refractivity contribution is -0.116. The predicted molar refractivity (Wildman–Crippen MR) is 118 cm³/mol. The van der Waals surface area contributed by atoms with Gasteiger partial charge in [-0.3, -0.25) is 18.8 Å². The third-order valence-corrected chi connectivity index (χ3v) is 6.03. The van der Waals surface area contributed by atoms with Crippen LogP contribution >= 0.6 is 11.3 Å². The van der Waals surface area contributed by atoms with Crippen molar-refractivity contribution in [2.75, 3.05) is 18.4 Å². The third-order valence-electron chi connectivity index (χ3n) is 5.22. The number of aryl methyl sites for hydroxylation is 1. The summed E-state index contributed by atoms with van der Waals surface area (Å²) in [5.41, 5.74) is 2.35. The Hall–Kier alpha value is -2.49. The van der Waals surface area contributed by atoms with Crippen molar-refractivity contribution in [3.63, 3.8) is 0 Å². The number of aromatic nitrogens is 3. The van der Waals surface area contributed by atoms with Gasteiger partial charge in [-0.2, -0.15) is 0 Å². The molecule has 1 N–H and O–H groups in total. The van der Waals surface area contributed by atoms with E-state index in [0.29, 0.717) is 11.7 Å². The Labute approximate surface area is 179 Å². The van der Waals surface area contributed by atoms with E-state index in [-0.39, 0.29) is 30.3 Å². The minimum absolute atomic E-state index is 0.0419. The van der Waals surface area contributed by atoms with Crippen LogP contribution in [0.5, 0.6) is 0 Å². The molecule has 0 saturated carbocycles. The summed E-state index contributed by atoms with van der Waals surface area (Å²) in [7, 11) is 0. The Bertz CT molecular complexity index is 1090. The summed E-state index contributed by atoms with van der Waals surface area (Å²) in [6.07, 6.45) is 0.408. The van der Waals surface area contributed by atoms with Gasteiger partial charge in [0.25, 0.3) is 0 Å². The number of thiazole rings is 1. The van der Waals surface area contributed by atoms with Crippen molar-refractivity contribution >= 4 is 33.4 Å². The number of benzene rings is 1. The minimum Gasteiger partial charge on any atom is -0.373 e. The van der Waals surface area contributed by atoms with Gasteiger partial charge in [0.15, 0.2) is 5.13 Å². The van der Waals surface area contributed by atoms with Gasteiger partial charge in [0.05, 0.1) is 28.9 Å². The Morgan fingerprint density at radius 3 is 2.53 bits per heavy atom. The number of hydrogen-bond donors (Lipinski definition) is 1. The van der Waals surface area contributed by atoms with Crippen LogP contribution < -0.4 is 11.0 Å². The van der Waals surface area contributed by atoms with Crippen LogP contribution in [-0.2, 0) is 29.2 Å². The first-order valence-corrected chi connectivity index (χ1v) is 11.1. The molecule has 30 heavy (non-hydrogen) atoms. The van der Waals surface area contributed by atoms with Gasteiger partial charge in [-0.1, -0.05) is 12.1 Å². The molecule has 0 spiro atoms. The van der Waals surface area contributed by atoms with Crippen molar-refractivity contribution in [2.24, 2.45) is 0 Å². The van der Waals surface area contributed by atoms with Crippen LogP contribution in [0.2, 0.25) is 0 Å². The minimum atomic E-state index is -0.259. The number of nitrogens with one attached hydrogen (secondary N) is 1. The monoisotopic (exact) mass is 429 g/mol. The number of rotatable bonds is 6. The van der Waals surface area contributed by atoms with Crippen LogP contribution in [0.15, 0.2) is 34.4 Å². The fraction of sp³-hybridized carbons (Fsp3) is 0.476. The van der Waals surface area contributed by atoms with Gasteiger partial charge >= 0.3 is 5.69 Å². The first-order valence-electron chi connectivity index (χ1n) is 10.2. The Morgan fingerprint density at radius 2 is 1.87 bits per heavy atom. The molecule has 1 aliphatic heterocycles. The first-order chi connectivity index (χ1) is 14.4. The van der Waals surface area contributed by atoms with E-state index in [4.69, 9.17) is 4.74 Å². The van der Waals surface area contributed by atoms with E-state index < -0.39 is 0 Å². The number of amides is 1. The molecular formula is C21H27N5O3S. The largest absolute Gasteiger partial charge is 0.373 e. The second kappa shape index (κ2) is 8.71. The molecule has 3 aromatic rings. The fourth-order valence-electron chi connectivity index (χ4n) is 4.11.